The molecular formula is C23H21F2N7O2. The Labute approximate surface area is 192 Å². The van der Waals surface area contributed by atoms with Gasteiger partial charge < -0.3 is 31.4 Å². The lowest BCUT2D eigenvalue weighted by Gasteiger charge is -2.21. The number of hydrogen-bond acceptors (Lipinski definition) is 7. The predicted molar refractivity (Wildman–Crippen MR) is 125 cm³/mol. The third-order valence-electron chi connectivity index (χ3n) is 5.58. The molecule has 11 heteroatoms. The fourth-order valence-corrected chi connectivity index (χ4v) is 4.02. The molecule has 0 fully saturated rings. The molecule has 1 aliphatic rings. The minimum atomic E-state index is -1.07. The number of rotatable bonds is 6. The molecule has 0 saturated carbocycles. The number of H-pyrrole nitrogens is 1. The molecule has 0 aliphatic carbocycles. The molecule has 4 aromatic rings. The molecule has 34 heavy (non-hydrogen) atoms. The van der Waals surface area contributed by atoms with Gasteiger partial charge in [0.1, 0.15) is 28.8 Å². The lowest BCUT2D eigenvalue weighted by atomic mass is 10.0. The van der Waals surface area contributed by atoms with Gasteiger partial charge in [-0.3, -0.25) is 4.79 Å². The van der Waals surface area contributed by atoms with Crippen molar-refractivity contribution >= 4 is 45.8 Å². The topological polar surface area (TPSA) is 130 Å². The van der Waals surface area contributed by atoms with Gasteiger partial charge in [0.25, 0.3) is 5.91 Å². The Kier molecular flexibility index (Phi) is 5.36. The Bertz CT molecular complexity index is 1420. The van der Waals surface area contributed by atoms with Crippen LogP contribution in [0, 0.1) is 11.6 Å². The van der Waals surface area contributed by atoms with Crippen molar-refractivity contribution in [2.24, 2.45) is 5.73 Å². The molecular weight excluding hydrogens is 444 g/mol. The van der Waals surface area contributed by atoms with Crippen molar-refractivity contribution in [1.29, 1.82) is 0 Å². The van der Waals surface area contributed by atoms with Crippen LogP contribution in [0.25, 0.3) is 11.0 Å². The van der Waals surface area contributed by atoms with Crippen molar-refractivity contribution < 1.29 is 18.3 Å². The quantitative estimate of drug-likeness (QED) is 0.289. The number of carbonyl (C=O) groups excluding carboxylic acids is 1. The SMILES string of the molecule is COc1cc2c(cc1Nc1nc(Nc3cc(F)cc(F)c3C(N)=O)c3cc[nH]c3n1)NCCC2. The molecule has 0 unspecified atom stereocenters. The molecule has 0 radical (unpaired) electrons. The standard InChI is InChI=1S/C23H21F2N7O2/c1-34-18-7-11-3-2-5-27-15(11)10-16(18)30-23-31-21-13(4-6-28-21)22(32-23)29-17-9-12(24)8-14(25)19(17)20(26)33/h4,6-10,27H,2-3,5H2,1H3,(H2,26,33)(H3,28,29,30,31,32). The summed E-state index contributed by atoms with van der Waals surface area (Å²) < 4.78 is 33.7. The Balaban J connectivity index is 1.56. The van der Waals surface area contributed by atoms with Gasteiger partial charge in [-0.25, -0.2) is 8.78 Å². The number of aromatic nitrogens is 3. The van der Waals surface area contributed by atoms with Gasteiger partial charge >= 0.3 is 0 Å². The number of nitrogens with two attached hydrogens (primary N) is 1. The number of amides is 1. The summed E-state index contributed by atoms with van der Waals surface area (Å²) in [6.07, 6.45) is 3.64. The van der Waals surface area contributed by atoms with Crippen LogP contribution in [0.2, 0.25) is 0 Å². The van der Waals surface area contributed by atoms with Crippen LogP contribution in [0.15, 0.2) is 36.5 Å². The lowest BCUT2D eigenvalue weighted by Crippen LogP contribution is -2.16. The van der Waals surface area contributed by atoms with Gasteiger partial charge in [0.15, 0.2) is 0 Å². The minimum absolute atomic E-state index is 0.146. The average molecular weight is 465 g/mol. The second-order valence-corrected chi connectivity index (χ2v) is 7.80. The van der Waals surface area contributed by atoms with Crippen LogP contribution in [-0.2, 0) is 6.42 Å². The van der Waals surface area contributed by atoms with Crippen LogP contribution in [0.1, 0.15) is 22.3 Å². The highest BCUT2D eigenvalue weighted by atomic mass is 19.1. The molecule has 2 aromatic carbocycles. The van der Waals surface area contributed by atoms with Gasteiger partial charge in [0.2, 0.25) is 5.95 Å². The van der Waals surface area contributed by atoms with Crippen molar-refractivity contribution in [2.75, 3.05) is 29.6 Å². The maximum Gasteiger partial charge on any atom is 0.253 e. The Hall–Kier alpha value is -4.41. The number of nitrogens with one attached hydrogen (secondary N) is 4. The van der Waals surface area contributed by atoms with Crippen molar-refractivity contribution in [2.45, 2.75) is 12.8 Å². The summed E-state index contributed by atoms with van der Waals surface area (Å²) in [5, 5.41) is 9.90. The Morgan fingerprint density at radius 2 is 2.00 bits per heavy atom. The average Bonchev–Trinajstić information content (AvgIpc) is 3.27. The van der Waals surface area contributed by atoms with E-state index in [-0.39, 0.29) is 17.5 Å². The van der Waals surface area contributed by atoms with Crippen LogP contribution in [-0.4, -0.2) is 34.5 Å². The van der Waals surface area contributed by atoms with E-state index >= 15 is 0 Å². The molecule has 0 spiro atoms. The molecule has 0 atom stereocenters. The van der Waals surface area contributed by atoms with Crippen molar-refractivity contribution in [3.05, 3.63) is 59.3 Å². The fourth-order valence-electron chi connectivity index (χ4n) is 4.02. The maximum atomic E-state index is 14.3. The third-order valence-corrected chi connectivity index (χ3v) is 5.58. The highest BCUT2D eigenvalue weighted by Crippen LogP contribution is 2.36. The van der Waals surface area contributed by atoms with Gasteiger partial charge in [-0.2, -0.15) is 9.97 Å². The lowest BCUT2D eigenvalue weighted by molar-refractivity contribution is 0.0997. The van der Waals surface area contributed by atoms with Crippen LogP contribution in [0.3, 0.4) is 0 Å². The number of ether oxygens (including phenoxy) is 1. The first-order valence-electron chi connectivity index (χ1n) is 10.6. The Morgan fingerprint density at radius 1 is 1.15 bits per heavy atom. The molecule has 174 valence electrons. The van der Waals surface area contributed by atoms with Crippen LogP contribution in [0.4, 0.5) is 37.6 Å². The summed E-state index contributed by atoms with van der Waals surface area (Å²) in [6, 6.07) is 7.17. The monoisotopic (exact) mass is 465 g/mol. The summed E-state index contributed by atoms with van der Waals surface area (Å²) in [7, 11) is 1.58. The zero-order valence-electron chi connectivity index (χ0n) is 18.1. The van der Waals surface area contributed by atoms with Gasteiger partial charge in [-0.1, -0.05) is 0 Å². The van der Waals surface area contributed by atoms with E-state index in [9.17, 15) is 13.6 Å². The van der Waals surface area contributed by atoms with Gasteiger partial charge in [-0.05, 0) is 42.7 Å². The van der Waals surface area contributed by atoms with E-state index in [4.69, 9.17) is 10.5 Å². The van der Waals surface area contributed by atoms with E-state index in [2.05, 4.69) is 30.9 Å². The number of aryl methyl sites for hydroxylation is 1. The number of carbonyl (C=O) groups is 1. The zero-order chi connectivity index (χ0) is 23.8. The maximum absolute atomic E-state index is 14.3. The summed E-state index contributed by atoms with van der Waals surface area (Å²) >= 11 is 0. The molecule has 2 aromatic heterocycles. The van der Waals surface area contributed by atoms with Gasteiger partial charge in [-0.15, -0.1) is 0 Å². The van der Waals surface area contributed by atoms with E-state index in [0.29, 0.717) is 28.5 Å². The minimum Gasteiger partial charge on any atom is -0.495 e. The number of methoxy groups -OCH3 is 1. The zero-order valence-corrected chi connectivity index (χ0v) is 18.1. The van der Waals surface area contributed by atoms with E-state index < -0.39 is 23.1 Å². The highest BCUT2D eigenvalue weighted by molar-refractivity contribution is 6.01. The number of nitrogens with zero attached hydrogens (tertiary/aromatic N) is 2. The first kappa shape index (κ1) is 21.4. The molecule has 1 amide bonds. The smallest absolute Gasteiger partial charge is 0.253 e. The predicted octanol–water partition coefficient (Wildman–Crippen LogP) is 4.19. The molecule has 5 rings (SSSR count). The van der Waals surface area contributed by atoms with E-state index in [1.807, 2.05) is 12.1 Å². The number of benzene rings is 2. The number of primary amides is 1. The summed E-state index contributed by atoms with van der Waals surface area (Å²) in [5.74, 6) is -1.94. The largest absolute Gasteiger partial charge is 0.495 e. The van der Waals surface area contributed by atoms with E-state index in [0.717, 1.165) is 36.7 Å². The third kappa shape index (κ3) is 3.91. The van der Waals surface area contributed by atoms with Crippen LogP contribution < -0.4 is 26.4 Å². The number of hydrogen-bond donors (Lipinski definition) is 5. The van der Waals surface area contributed by atoms with Gasteiger partial charge in [0.05, 0.1) is 29.4 Å². The second-order valence-electron chi connectivity index (χ2n) is 7.80. The van der Waals surface area contributed by atoms with Crippen LogP contribution >= 0.6 is 0 Å². The normalized spacial score (nSPS) is 12.7. The fraction of sp³-hybridized carbons (Fsp3) is 0.174. The first-order chi connectivity index (χ1) is 16.4. The second kappa shape index (κ2) is 8.50. The number of fused-ring (bicyclic) bond motifs is 2. The molecule has 1 aliphatic heterocycles. The first-order valence-corrected chi connectivity index (χ1v) is 10.6. The van der Waals surface area contributed by atoms with Crippen LogP contribution in [0.5, 0.6) is 5.75 Å². The van der Waals surface area contributed by atoms with Gasteiger partial charge in [0, 0.05) is 24.5 Å². The van der Waals surface area contributed by atoms with Crippen molar-refractivity contribution in [1.82, 2.24) is 15.0 Å². The Morgan fingerprint density at radius 3 is 2.79 bits per heavy atom. The number of aromatic amines is 1. The van der Waals surface area contributed by atoms with E-state index in [1.54, 1.807) is 19.4 Å². The highest BCUT2D eigenvalue weighted by Gasteiger charge is 2.20. The summed E-state index contributed by atoms with van der Waals surface area (Å²) in [6.45, 7) is 0.879. The summed E-state index contributed by atoms with van der Waals surface area (Å²) in [5.41, 5.74) is 7.96. The molecule has 6 N–H and O–H groups in total. The number of halogens is 2. The molecule has 0 saturated heterocycles. The molecule has 3 heterocycles. The number of anilines is 5. The molecule has 0 bridgehead atoms. The van der Waals surface area contributed by atoms with E-state index in [1.165, 1.54) is 0 Å². The van der Waals surface area contributed by atoms with Crippen molar-refractivity contribution in [3.63, 3.8) is 0 Å². The van der Waals surface area contributed by atoms with Crippen molar-refractivity contribution in [3.8, 4) is 5.75 Å². The molecule has 9 nitrogen and oxygen atoms in total. The summed E-state index contributed by atoms with van der Waals surface area (Å²) in [4.78, 5) is 23.8.